The lowest BCUT2D eigenvalue weighted by molar-refractivity contribution is -0.127. The average Bonchev–Trinajstić information content (AvgIpc) is 3.21. The summed E-state index contributed by atoms with van der Waals surface area (Å²) in [6, 6.07) is 1.90. The Hall–Kier alpha value is -1.99. The zero-order chi connectivity index (χ0) is 16.2. The van der Waals surface area contributed by atoms with E-state index in [1.54, 1.807) is 12.4 Å². The fraction of sp³-hybridized carbons (Fsp3) is 0.438. The van der Waals surface area contributed by atoms with Crippen molar-refractivity contribution in [2.75, 3.05) is 13.1 Å². The van der Waals surface area contributed by atoms with E-state index in [4.69, 9.17) is 5.11 Å². The zero-order valence-electron chi connectivity index (χ0n) is 13.1. The van der Waals surface area contributed by atoms with Crippen LogP contribution in [0.15, 0.2) is 23.8 Å². The fourth-order valence-electron chi connectivity index (χ4n) is 2.84. The molecule has 2 aromatic rings. The topological polar surface area (TPSA) is 71.2 Å². The number of hydrogen-bond acceptors (Lipinski definition) is 5. The van der Waals surface area contributed by atoms with E-state index in [9.17, 15) is 4.79 Å². The van der Waals surface area contributed by atoms with E-state index in [0.717, 1.165) is 42.2 Å². The summed E-state index contributed by atoms with van der Waals surface area (Å²) >= 11 is 1.53. The van der Waals surface area contributed by atoms with Crippen LogP contribution < -0.4 is 0 Å². The Morgan fingerprint density at radius 2 is 2.26 bits per heavy atom. The summed E-state index contributed by atoms with van der Waals surface area (Å²) in [6.07, 6.45) is 6.99. The minimum absolute atomic E-state index is 0.0356. The molecule has 0 spiro atoms. The molecule has 0 radical (unpaired) electrons. The molecule has 3 rings (SSSR count). The molecule has 3 heterocycles. The maximum Gasteiger partial charge on any atom is 0.246 e. The minimum Gasteiger partial charge on any atom is -0.392 e. The predicted molar refractivity (Wildman–Crippen MR) is 88.8 cm³/mol. The molecule has 1 fully saturated rings. The summed E-state index contributed by atoms with van der Waals surface area (Å²) < 4.78 is 1.96. The van der Waals surface area contributed by atoms with Gasteiger partial charge in [-0.2, -0.15) is 0 Å². The van der Waals surface area contributed by atoms with Crippen LogP contribution in [0.2, 0.25) is 0 Å². The van der Waals surface area contributed by atoms with E-state index >= 15 is 0 Å². The number of likely N-dealkylation sites (tertiary alicyclic amines) is 1. The van der Waals surface area contributed by atoms with E-state index in [2.05, 4.69) is 10.2 Å². The van der Waals surface area contributed by atoms with Crippen molar-refractivity contribution in [2.24, 2.45) is 7.05 Å². The number of aryl methyl sites for hydroxylation is 1. The first-order valence-electron chi connectivity index (χ1n) is 7.66. The summed E-state index contributed by atoms with van der Waals surface area (Å²) in [5, 5.41) is 19.1. The van der Waals surface area contributed by atoms with Crippen LogP contribution in [0.1, 0.15) is 35.0 Å². The molecule has 1 N–H and O–H groups in total. The van der Waals surface area contributed by atoms with Crippen LogP contribution in [0.5, 0.6) is 0 Å². The lowest BCUT2D eigenvalue weighted by atomic mass is 9.96. The van der Waals surface area contributed by atoms with Gasteiger partial charge in [0.05, 0.1) is 6.61 Å². The van der Waals surface area contributed by atoms with Gasteiger partial charge in [0.15, 0.2) is 0 Å². The number of thiophene rings is 1. The smallest absolute Gasteiger partial charge is 0.246 e. The molecule has 0 atom stereocenters. The van der Waals surface area contributed by atoms with Gasteiger partial charge in [-0.1, -0.05) is 0 Å². The Balaban J connectivity index is 1.55. The van der Waals surface area contributed by atoms with Gasteiger partial charge in [-0.05, 0) is 35.9 Å². The van der Waals surface area contributed by atoms with Gasteiger partial charge in [-0.3, -0.25) is 4.79 Å². The molecule has 1 aliphatic rings. The molecule has 122 valence electrons. The van der Waals surface area contributed by atoms with E-state index < -0.39 is 0 Å². The largest absolute Gasteiger partial charge is 0.392 e. The van der Waals surface area contributed by atoms with Crippen LogP contribution in [-0.2, 0) is 18.4 Å². The molecule has 7 heteroatoms. The number of carbonyl (C=O) groups excluding carboxylic acids is 1. The zero-order valence-corrected chi connectivity index (χ0v) is 13.9. The second-order valence-corrected chi connectivity index (χ2v) is 6.69. The molecular weight excluding hydrogens is 312 g/mol. The summed E-state index contributed by atoms with van der Waals surface area (Å²) in [5.41, 5.74) is 0.881. The molecule has 2 aromatic heterocycles. The van der Waals surface area contributed by atoms with Crippen LogP contribution in [0.3, 0.4) is 0 Å². The SMILES string of the molecule is Cn1cnnc1C1CCN(C(=O)/C=C/c2cc(CO)cs2)CC1. The van der Waals surface area contributed by atoms with Crippen molar-refractivity contribution in [3.63, 3.8) is 0 Å². The number of rotatable bonds is 4. The highest BCUT2D eigenvalue weighted by molar-refractivity contribution is 7.11. The predicted octanol–water partition coefficient (Wildman–Crippen LogP) is 1.79. The molecule has 1 amide bonds. The Morgan fingerprint density at radius 1 is 1.48 bits per heavy atom. The van der Waals surface area contributed by atoms with E-state index in [-0.39, 0.29) is 12.5 Å². The molecular formula is C16H20N4O2S. The Labute approximate surface area is 139 Å². The number of piperidine rings is 1. The van der Waals surface area contributed by atoms with Crippen molar-refractivity contribution in [1.29, 1.82) is 0 Å². The second-order valence-electron chi connectivity index (χ2n) is 5.75. The van der Waals surface area contributed by atoms with E-state index in [1.807, 2.05) is 34.0 Å². The number of carbonyl (C=O) groups is 1. The van der Waals surface area contributed by atoms with Crippen LogP contribution >= 0.6 is 11.3 Å². The fourth-order valence-corrected chi connectivity index (χ4v) is 3.64. The average molecular weight is 332 g/mol. The van der Waals surface area contributed by atoms with Crippen molar-refractivity contribution in [2.45, 2.75) is 25.4 Å². The second kappa shape index (κ2) is 7.06. The van der Waals surface area contributed by atoms with Crippen LogP contribution in [0.4, 0.5) is 0 Å². The van der Waals surface area contributed by atoms with Gasteiger partial charge in [0.2, 0.25) is 5.91 Å². The molecule has 0 saturated carbocycles. The van der Waals surface area contributed by atoms with Crippen LogP contribution in [0.25, 0.3) is 6.08 Å². The third kappa shape index (κ3) is 3.68. The standard InChI is InChI=1S/C16H20N4O2S/c1-19-11-17-18-16(19)13-4-6-20(7-5-13)15(22)3-2-14-8-12(9-21)10-23-14/h2-3,8,10-11,13,21H,4-7,9H2,1H3/b3-2+. The normalized spacial score (nSPS) is 16.3. The first-order chi connectivity index (χ1) is 11.2. The highest BCUT2D eigenvalue weighted by Gasteiger charge is 2.25. The van der Waals surface area contributed by atoms with Crippen molar-refractivity contribution in [3.05, 3.63) is 40.1 Å². The molecule has 6 nitrogen and oxygen atoms in total. The number of nitrogens with zero attached hydrogens (tertiary/aromatic N) is 4. The molecule has 0 aromatic carbocycles. The van der Waals surface area contributed by atoms with Gasteiger partial charge in [-0.15, -0.1) is 21.5 Å². The number of aromatic nitrogens is 3. The first kappa shape index (κ1) is 15.9. The Morgan fingerprint density at radius 3 is 2.87 bits per heavy atom. The van der Waals surface area contributed by atoms with Crippen LogP contribution in [-0.4, -0.2) is 43.8 Å². The molecule has 0 bridgehead atoms. The van der Waals surface area contributed by atoms with Crippen LogP contribution in [0, 0.1) is 0 Å². The quantitative estimate of drug-likeness (QED) is 0.867. The maximum atomic E-state index is 12.3. The summed E-state index contributed by atoms with van der Waals surface area (Å²) in [4.78, 5) is 15.1. The molecule has 1 saturated heterocycles. The van der Waals surface area contributed by atoms with Crippen molar-refractivity contribution >= 4 is 23.3 Å². The van der Waals surface area contributed by atoms with Gasteiger partial charge < -0.3 is 14.6 Å². The monoisotopic (exact) mass is 332 g/mol. The Bertz CT molecular complexity index is 699. The van der Waals surface area contributed by atoms with Crippen molar-refractivity contribution < 1.29 is 9.90 Å². The van der Waals surface area contributed by atoms with Gasteiger partial charge in [-0.25, -0.2) is 0 Å². The first-order valence-corrected chi connectivity index (χ1v) is 8.54. The van der Waals surface area contributed by atoms with Gasteiger partial charge in [0.25, 0.3) is 0 Å². The van der Waals surface area contributed by atoms with Crippen molar-refractivity contribution in [3.8, 4) is 0 Å². The minimum atomic E-state index is 0.0356. The highest BCUT2D eigenvalue weighted by Crippen LogP contribution is 2.26. The van der Waals surface area contributed by atoms with E-state index in [0.29, 0.717) is 5.92 Å². The van der Waals surface area contributed by atoms with Crippen molar-refractivity contribution in [1.82, 2.24) is 19.7 Å². The van der Waals surface area contributed by atoms with Gasteiger partial charge >= 0.3 is 0 Å². The number of aliphatic hydroxyl groups is 1. The maximum absolute atomic E-state index is 12.3. The number of hydrogen-bond donors (Lipinski definition) is 1. The van der Waals surface area contributed by atoms with Gasteiger partial charge in [0.1, 0.15) is 12.2 Å². The summed E-state index contributed by atoms with van der Waals surface area (Å²) in [7, 11) is 1.96. The van der Waals surface area contributed by atoms with E-state index in [1.165, 1.54) is 11.3 Å². The highest BCUT2D eigenvalue weighted by atomic mass is 32.1. The third-order valence-electron chi connectivity index (χ3n) is 4.16. The third-order valence-corrected chi connectivity index (χ3v) is 5.11. The summed E-state index contributed by atoms with van der Waals surface area (Å²) in [5.74, 6) is 1.42. The van der Waals surface area contributed by atoms with Gasteiger partial charge in [0, 0.05) is 37.0 Å². The molecule has 0 unspecified atom stereocenters. The number of aliphatic hydroxyl groups excluding tert-OH is 1. The summed E-state index contributed by atoms with van der Waals surface area (Å²) in [6.45, 7) is 1.52. The number of amides is 1. The molecule has 1 aliphatic heterocycles. The Kier molecular flexibility index (Phi) is 4.88. The molecule has 23 heavy (non-hydrogen) atoms. The molecule has 0 aliphatic carbocycles. The lowest BCUT2D eigenvalue weighted by Gasteiger charge is -2.30. The lowest BCUT2D eigenvalue weighted by Crippen LogP contribution is -2.37.